The van der Waals surface area contributed by atoms with E-state index >= 15 is 0 Å². The molecule has 0 saturated carbocycles. The standard InChI is InChI=1S/C21H23N5O2.C2HF3O2/c1-13-14(2)25-19(24-13)18-9-15(4-6-23-18)16-8-17(11-22-10-16)20(27)26-7-5-21(3,28)12-26;3-2(4,5)1(6)7/h4,6,8-11,28H,5,7,12H2,1-3H3,(H,24,25);(H,6,7). The van der Waals surface area contributed by atoms with E-state index in [2.05, 4.69) is 19.9 Å². The monoisotopic (exact) mass is 491 g/mol. The first kappa shape index (κ1) is 25.8. The number of nitrogens with zero attached hydrogens (tertiary/aromatic N) is 4. The summed E-state index contributed by atoms with van der Waals surface area (Å²) in [5.74, 6) is -2.15. The molecule has 12 heteroatoms. The average Bonchev–Trinajstić information content (AvgIpc) is 3.34. The Morgan fingerprint density at radius 3 is 2.40 bits per heavy atom. The van der Waals surface area contributed by atoms with Crippen molar-refractivity contribution in [3.05, 3.63) is 53.7 Å². The van der Waals surface area contributed by atoms with Gasteiger partial charge in [-0.2, -0.15) is 13.2 Å². The van der Waals surface area contributed by atoms with E-state index in [0.29, 0.717) is 25.1 Å². The quantitative estimate of drug-likeness (QED) is 0.512. The third-order valence-electron chi connectivity index (χ3n) is 5.43. The van der Waals surface area contributed by atoms with Crippen molar-refractivity contribution in [1.82, 2.24) is 24.8 Å². The van der Waals surface area contributed by atoms with Crippen LogP contribution in [-0.2, 0) is 4.79 Å². The molecule has 0 bridgehead atoms. The van der Waals surface area contributed by atoms with E-state index in [1.165, 1.54) is 0 Å². The van der Waals surface area contributed by atoms with Gasteiger partial charge in [-0.3, -0.25) is 14.8 Å². The number of aliphatic hydroxyl groups is 1. The lowest BCUT2D eigenvalue weighted by Crippen LogP contribution is -2.33. The summed E-state index contributed by atoms with van der Waals surface area (Å²) in [4.78, 5) is 39.8. The van der Waals surface area contributed by atoms with Crippen molar-refractivity contribution in [3.63, 3.8) is 0 Å². The number of hydrogen-bond donors (Lipinski definition) is 3. The largest absolute Gasteiger partial charge is 0.490 e. The molecule has 0 radical (unpaired) electrons. The molecule has 0 aliphatic carbocycles. The molecule has 1 saturated heterocycles. The summed E-state index contributed by atoms with van der Waals surface area (Å²) in [7, 11) is 0. The second-order valence-electron chi connectivity index (χ2n) is 8.46. The maximum Gasteiger partial charge on any atom is 0.490 e. The number of aryl methyl sites for hydroxylation is 2. The van der Waals surface area contributed by atoms with Crippen LogP contribution in [0, 0.1) is 13.8 Å². The molecule has 3 N–H and O–H groups in total. The number of amides is 1. The van der Waals surface area contributed by atoms with Crippen LogP contribution in [0.1, 0.15) is 35.1 Å². The predicted molar refractivity (Wildman–Crippen MR) is 119 cm³/mol. The number of hydrogen-bond acceptors (Lipinski definition) is 6. The van der Waals surface area contributed by atoms with Gasteiger partial charge in [0.1, 0.15) is 5.69 Å². The van der Waals surface area contributed by atoms with Crippen LogP contribution in [0.2, 0.25) is 0 Å². The van der Waals surface area contributed by atoms with Crippen molar-refractivity contribution in [3.8, 4) is 22.6 Å². The topological polar surface area (TPSA) is 132 Å². The molecular formula is C23H24F3N5O4. The SMILES string of the molecule is Cc1nc(-c2cc(-c3cncc(C(=O)N4CCC(C)(O)C4)c3)ccn2)[nH]c1C.O=C(O)C(F)(F)F. The van der Waals surface area contributed by atoms with Crippen LogP contribution in [0.4, 0.5) is 13.2 Å². The number of nitrogens with one attached hydrogen (secondary N) is 1. The highest BCUT2D eigenvalue weighted by atomic mass is 19.4. The molecule has 1 aliphatic rings. The lowest BCUT2D eigenvalue weighted by atomic mass is 10.1. The molecule has 1 amide bonds. The Labute approximate surface area is 198 Å². The molecule has 3 aromatic rings. The molecule has 1 atom stereocenters. The first-order valence-electron chi connectivity index (χ1n) is 10.5. The summed E-state index contributed by atoms with van der Waals surface area (Å²) in [6.07, 6.45) is 0.528. The number of rotatable bonds is 3. The number of imidazole rings is 1. The van der Waals surface area contributed by atoms with Crippen molar-refractivity contribution in [2.75, 3.05) is 13.1 Å². The van der Waals surface area contributed by atoms with Gasteiger partial charge in [0.25, 0.3) is 5.91 Å². The molecule has 0 spiro atoms. The number of aliphatic carboxylic acids is 1. The van der Waals surface area contributed by atoms with Crippen LogP contribution in [0.5, 0.6) is 0 Å². The minimum Gasteiger partial charge on any atom is -0.475 e. The van der Waals surface area contributed by atoms with Gasteiger partial charge >= 0.3 is 12.1 Å². The first-order chi connectivity index (χ1) is 16.3. The van der Waals surface area contributed by atoms with Gasteiger partial charge in [0.05, 0.1) is 16.9 Å². The zero-order chi connectivity index (χ0) is 26.0. The van der Waals surface area contributed by atoms with Crippen molar-refractivity contribution in [1.29, 1.82) is 0 Å². The third-order valence-corrected chi connectivity index (χ3v) is 5.43. The van der Waals surface area contributed by atoms with Crippen molar-refractivity contribution in [2.45, 2.75) is 39.0 Å². The van der Waals surface area contributed by atoms with E-state index in [-0.39, 0.29) is 5.91 Å². The summed E-state index contributed by atoms with van der Waals surface area (Å²) in [6, 6.07) is 5.65. The molecule has 4 rings (SSSR count). The summed E-state index contributed by atoms with van der Waals surface area (Å²) in [6.45, 7) is 6.57. The van der Waals surface area contributed by atoms with Crippen molar-refractivity contribution < 1.29 is 33.0 Å². The number of H-pyrrole nitrogens is 1. The lowest BCUT2D eigenvalue weighted by molar-refractivity contribution is -0.192. The minimum atomic E-state index is -5.08. The molecule has 4 heterocycles. The van der Waals surface area contributed by atoms with Crippen LogP contribution >= 0.6 is 0 Å². The maximum atomic E-state index is 12.8. The van der Waals surface area contributed by atoms with Gasteiger partial charge in [-0.15, -0.1) is 0 Å². The molecular weight excluding hydrogens is 467 g/mol. The molecule has 1 aliphatic heterocycles. The van der Waals surface area contributed by atoms with E-state index in [1.54, 1.807) is 30.4 Å². The number of carboxylic acids is 1. The number of likely N-dealkylation sites (tertiary alicyclic amines) is 1. The van der Waals surface area contributed by atoms with E-state index in [9.17, 15) is 23.1 Å². The van der Waals surface area contributed by atoms with Gasteiger partial charge in [0.15, 0.2) is 5.82 Å². The second-order valence-corrected chi connectivity index (χ2v) is 8.46. The fourth-order valence-corrected chi connectivity index (χ4v) is 3.42. The zero-order valence-electron chi connectivity index (χ0n) is 19.2. The Morgan fingerprint density at radius 1 is 1.17 bits per heavy atom. The Hall–Kier alpha value is -3.80. The minimum absolute atomic E-state index is 0.112. The zero-order valence-corrected chi connectivity index (χ0v) is 19.2. The first-order valence-corrected chi connectivity index (χ1v) is 10.5. The number of β-amino-alcohol motifs (C(OH)–C–C–N with tert-alkyl or cyclic N) is 1. The molecule has 186 valence electrons. The average molecular weight is 491 g/mol. The number of halogens is 3. The molecule has 1 unspecified atom stereocenters. The second kappa shape index (κ2) is 9.82. The fourth-order valence-electron chi connectivity index (χ4n) is 3.42. The fraction of sp³-hybridized carbons (Fsp3) is 0.348. The van der Waals surface area contributed by atoms with E-state index < -0.39 is 17.7 Å². The summed E-state index contributed by atoms with van der Waals surface area (Å²) >= 11 is 0. The predicted octanol–water partition coefficient (Wildman–Crippen LogP) is 3.38. The molecule has 1 fully saturated rings. The molecule has 9 nitrogen and oxygen atoms in total. The highest BCUT2D eigenvalue weighted by Crippen LogP contribution is 2.26. The normalized spacial score (nSPS) is 17.6. The maximum absolute atomic E-state index is 12.8. The number of carbonyl (C=O) groups excluding carboxylic acids is 1. The Bertz CT molecular complexity index is 1220. The van der Waals surface area contributed by atoms with Gasteiger partial charge in [-0.25, -0.2) is 9.78 Å². The number of aromatic nitrogens is 4. The number of carboxylic acid groups (broad SMARTS) is 1. The Morgan fingerprint density at radius 2 is 1.86 bits per heavy atom. The van der Waals surface area contributed by atoms with Crippen LogP contribution in [-0.4, -0.2) is 71.8 Å². The number of alkyl halides is 3. The van der Waals surface area contributed by atoms with Gasteiger partial charge in [-0.05, 0) is 51.0 Å². The third kappa shape index (κ3) is 6.41. The molecule has 35 heavy (non-hydrogen) atoms. The number of aromatic amines is 1. The summed E-state index contributed by atoms with van der Waals surface area (Å²) in [5, 5.41) is 17.3. The van der Waals surface area contributed by atoms with E-state index in [1.807, 2.05) is 32.0 Å². The summed E-state index contributed by atoms with van der Waals surface area (Å²) < 4.78 is 31.7. The molecule has 0 aromatic carbocycles. The van der Waals surface area contributed by atoms with Crippen LogP contribution in [0.25, 0.3) is 22.6 Å². The van der Waals surface area contributed by atoms with Gasteiger partial charge in [0.2, 0.25) is 0 Å². The highest BCUT2D eigenvalue weighted by molar-refractivity contribution is 5.95. The van der Waals surface area contributed by atoms with Gasteiger partial charge in [-0.1, -0.05) is 0 Å². The van der Waals surface area contributed by atoms with Crippen molar-refractivity contribution in [2.24, 2.45) is 0 Å². The number of pyridine rings is 2. The highest BCUT2D eigenvalue weighted by Gasteiger charge is 2.38. The smallest absolute Gasteiger partial charge is 0.475 e. The lowest BCUT2D eigenvalue weighted by Gasteiger charge is -2.19. The van der Waals surface area contributed by atoms with E-state index in [4.69, 9.17) is 9.90 Å². The summed E-state index contributed by atoms with van der Waals surface area (Å²) in [5.41, 5.74) is 4.13. The Kier molecular flexibility index (Phi) is 7.25. The van der Waals surface area contributed by atoms with Crippen LogP contribution in [0.3, 0.4) is 0 Å². The van der Waals surface area contributed by atoms with Crippen LogP contribution in [0.15, 0.2) is 36.8 Å². The van der Waals surface area contributed by atoms with E-state index in [0.717, 1.165) is 34.0 Å². The van der Waals surface area contributed by atoms with Crippen LogP contribution < -0.4 is 0 Å². The van der Waals surface area contributed by atoms with Gasteiger partial charge < -0.3 is 20.1 Å². The molecule has 3 aromatic heterocycles. The number of carbonyl (C=O) groups is 2. The van der Waals surface area contributed by atoms with Crippen molar-refractivity contribution >= 4 is 11.9 Å². The van der Waals surface area contributed by atoms with Gasteiger partial charge in [0, 0.05) is 42.9 Å². The Balaban J connectivity index is 0.000000429.